The highest BCUT2D eigenvalue weighted by atomic mass is 79.9. The third-order valence-corrected chi connectivity index (χ3v) is 4.21. The van der Waals surface area contributed by atoms with Gasteiger partial charge in [-0.05, 0) is 18.2 Å². The van der Waals surface area contributed by atoms with Crippen LogP contribution in [0.2, 0.25) is 0 Å². The minimum Gasteiger partial charge on any atom is -0.324 e. The third-order valence-electron chi connectivity index (χ3n) is 2.34. The van der Waals surface area contributed by atoms with E-state index < -0.39 is 17.0 Å². The quantitative estimate of drug-likeness (QED) is 0.810. The van der Waals surface area contributed by atoms with Crippen molar-refractivity contribution < 1.29 is 14.0 Å². The molecule has 1 aromatic carbocycles. The third kappa shape index (κ3) is 3.74. The maximum atomic E-state index is 13.5. The first-order valence-electron chi connectivity index (χ1n) is 5.22. The number of carbonyl (C=O) groups excluding carboxylic acids is 2. The predicted octanol–water partition coefficient (Wildman–Crippen LogP) is 2.43. The van der Waals surface area contributed by atoms with Crippen molar-refractivity contribution in [1.82, 2.24) is 5.32 Å². The largest absolute Gasteiger partial charge is 0.324 e. The molecule has 0 saturated carbocycles. The molecule has 2 amide bonds. The van der Waals surface area contributed by atoms with Crippen LogP contribution in [0.25, 0.3) is 0 Å². The van der Waals surface area contributed by atoms with Gasteiger partial charge in [0.25, 0.3) is 0 Å². The molecule has 1 aliphatic rings. The van der Waals surface area contributed by atoms with Gasteiger partial charge in [0.2, 0.25) is 11.8 Å². The normalized spacial score (nSPS) is 18.3. The van der Waals surface area contributed by atoms with E-state index in [2.05, 4.69) is 26.6 Å². The van der Waals surface area contributed by atoms with Gasteiger partial charge in [-0.15, -0.1) is 0 Å². The van der Waals surface area contributed by atoms with E-state index in [4.69, 9.17) is 12.2 Å². The number of anilines is 1. The fourth-order valence-corrected chi connectivity index (χ4v) is 3.09. The van der Waals surface area contributed by atoms with Crippen LogP contribution in [0, 0.1) is 5.82 Å². The van der Waals surface area contributed by atoms with Crippen LogP contribution in [0.15, 0.2) is 22.7 Å². The van der Waals surface area contributed by atoms with E-state index in [1.165, 1.54) is 12.1 Å². The van der Waals surface area contributed by atoms with Crippen LogP contribution < -0.4 is 10.6 Å². The zero-order valence-electron chi connectivity index (χ0n) is 9.41. The van der Waals surface area contributed by atoms with Gasteiger partial charge in [0.15, 0.2) is 0 Å². The predicted molar refractivity (Wildman–Crippen MR) is 79.5 cm³/mol. The summed E-state index contributed by atoms with van der Waals surface area (Å²) in [5.41, 5.74) is 0.0826. The van der Waals surface area contributed by atoms with E-state index >= 15 is 0 Å². The number of rotatable bonds is 3. The van der Waals surface area contributed by atoms with Crippen molar-refractivity contribution in [3.05, 3.63) is 28.5 Å². The van der Waals surface area contributed by atoms with Crippen LogP contribution in [-0.4, -0.2) is 21.4 Å². The summed E-state index contributed by atoms with van der Waals surface area (Å²) in [5, 5.41) is 4.33. The van der Waals surface area contributed by atoms with Crippen LogP contribution in [0.4, 0.5) is 10.1 Å². The Balaban J connectivity index is 1.98. The molecular formula is C11H8BrFN2O2S2. The summed E-state index contributed by atoms with van der Waals surface area (Å²) < 4.78 is 14.5. The van der Waals surface area contributed by atoms with Crippen LogP contribution >= 0.6 is 39.9 Å². The van der Waals surface area contributed by atoms with Crippen molar-refractivity contribution >= 4 is 61.7 Å². The average Bonchev–Trinajstić information content (AvgIpc) is 2.61. The molecule has 0 aliphatic carbocycles. The molecule has 1 atom stereocenters. The Kier molecular flexibility index (Phi) is 4.54. The van der Waals surface area contributed by atoms with Crippen molar-refractivity contribution in [2.24, 2.45) is 0 Å². The fourth-order valence-electron chi connectivity index (χ4n) is 1.49. The van der Waals surface area contributed by atoms with Gasteiger partial charge in [0, 0.05) is 10.9 Å². The van der Waals surface area contributed by atoms with Gasteiger partial charge in [-0.3, -0.25) is 9.59 Å². The van der Waals surface area contributed by atoms with Crippen LogP contribution in [0.3, 0.4) is 0 Å². The van der Waals surface area contributed by atoms with Crippen LogP contribution in [-0.2, 0) is 9.59 Å². The topological polar surface area (TPSA) is 58.2 Å². The van der Waals surface area contributed by atoms with E-state index in [1.54, 1.807) is 6.07 Å². The second kappa shape index (κ2) is 5.98. The fraction of sp³-hybridized carbons (Fsp3) is 0.182. The number of nitrogens with one attached hydrogen (secondary N) is 2. The smallest absolute Gasteiger partial charge is 0.239 e. The molecule has 0 bridgehead atoms. The van der Waals surface area contributed by atoms with E-state index in [-0.39, 0.29) is 18.0 Å². The summed E-state index contributed by atoms with van der Waals surface area (Å²) in [6, 6.07) is 4.32. The molecule has 0 aromatic heterocycles. The van der Waals surface area contributed by atoms with Gasteiger partial charge in [-0.25, -0.2) is 4.39 Å². The molecule has 4 nitrogen and oxygen atoms in total. The molecule has 1 aliphatic heterocycles. The van der Waals surface area contributed by atoms with Gasteiger partial charge in [-0.2, -0.15) is 0 Å². The average molecular weight is 363 g/mol. The minimum atomic E-state index is -0.550. The number of amides is 2. The highest BCUT2D eigenvalue weighted by Gasteiger charge is 2.31. The lowest BCUT2D eigenvalue weighted by atomic mass is 10.2. The molecular weight excluding hydrogens is 355 g/mol. The first-order chi connectivity index (χ1) is 8.95. The van der Waals surface area contributed by atoms with E-state index in [1.807, 2.05) is 0 Å². The number of thiocarbonyl (C=S) groups is 1. The van der Waals surface area contributed by atoms with E-state index in [0.29, 0.717) is 8.79 Å². The monoisotopic (exact) mass is 362 g/mol. The highest BCUT2D eigenvalue weighted by molar-refractivity contribution is 9.10. The number of carbonyl (C=O) groups is 2. The second-order valence-corrected chi connectivity index (χ2v) is 6.55. The Morgan fingerprint density at radius 1 is 1.58 bits per heavy atom. The summed E-state index contributed by atoms with van der Waals surface area (Å²) in [6.07, 6.45) is -0.0495. The molecule has 0 radical (unpaired) electrons. The lowest BCUT2D eigenvalue weighted by molar-refractivity contribution is -0.122. The first-order valence-corrected chi connectivity index (χ1v) is 7.30. The Bertz CT molecular complexity index is 568. The van der Waals surface area contributed by atoms with Crippen molar-refractivity contribution in [3.8, 4) is 0 Å². The standard InChI is InChI=1S/C11H8BrFN2O2S2/c12-5-1-2-7(6(13)3-5)14-9(16)4-8-10(17)15-11(18)19-8/h1-3,8H,4H2,(H,14,16)(H,15,17,18)/t8-/m0/s1. The Morgan fingerprint density at radius 3 is 2.89 bits per heavy atom. The van der Waals surface area contributed by atoms with E-state index in [0.717, 1.165) is 11.8 Å². The Morgan fingerprint density at radius 2 is 2.32 bits per heavy atom. The molecule has 1 heterocycles. The first kappa shape index (κ1) is 14.4. The lowest BCUT2D eigenvalue weighted by Gasteiger charge is -2.08. The minimum absolute atomic E-state index is 0.0495. The number of halogens is 2. The van der Waals surface area contributed by atoms with Gasteiger partial charge in [0.05, 0.1) is 10.9 Å². The summed E-state index contributed by atoms with van der Waals surface area (Å²) in [7, 11) is 0. The molecule has 2 rings (SSSR count). The zero-order chi connectivity index (χ0) is 14.0. The molecule has 100 valence electrons. The van der Waals surface area contributed by atoms with Gasteiger partial charge < -0.3 is 10.6 Å². The summed E-state index contributed by atoms with van der Waals surface area (Å²) in [6.45, 7) is 0. The molecule has 1 aromatic rings. The summed E-state index contributed by atoms with van der Waals surface area (Å²) in [4.78, 5) is 23.1. The number of hydrogen-bond acceptors (Lipinski definition) is 4. The van der Waals surface area contributed by atoms with Crippen molar-refractivity contribution in [2.45, 2.75) is 11.7 Å². The second-order valence-electron chi connectivity index (χ2n) is 3.76. The number of benzene rings is 1. The molecule has 19 heavy (non-hydrogen) atoms. The molecule has 0 unspecified atom stereocenters. The van der Waals surface area contributed by atoms with Crippen LogP contribution in [0.5, 0.6) is 0 Å². The van der Waals surface area contributed by atoms with Gasteiger partial charge >= 0.3 is 0 Å². The van der Waals surface area contributed by atoms with Crippen LogP contribution in [0.1, 0.15) is 6.42 Å². The summed E-state index contributed by atoms with van der Waals surface area (Å²) >= 11 is 9.08. The highest BCUT2D eigenvalue weighted by Crippen LogP contribution is 2.24. The number of thioether (sulfide) groups is 1. The van der Waals surface area contributed by atoms with E-state index in [9.17, 15) is 14.0 Å². The van der Waals surface area contributed by atoms with Crippen molar-refractivity contribution in [1.29, 1.82) is 0 Å². The molecule has 8 heteroatoms. The Hall–Kier alpha value is -0.990. The lowest BCUT2D eigenvalue weighted by Crippen LogP contribution is -2.27. The van der Waals surface area contributed by atoms with Crippen molar-refractivity contribution in [2.75, 3.05) is 5.32 Å². The zero-order valence-corrected chi connectivity index (χ0v) is 12.6. The molecule has 1 fully saturated rings. The summed E-state index contributed by atoms with van der Waals surface area (Å²) in [5.74, 6) is -1.26. The molecule has 0 spiro atoms. The van der Waals surface area contributed by atoms with Gasteiger partial charge in [-0.1, -0.05) is 39.9 Å². The molecule has 1 saturated heterocycles. The maximum absolute atomic E-state index is 13.5. The van der Waals surface area contributed by atoms with Gasteiger partial charge in [0.1, 0.15) is 10.1 Å². The number of hydrogen-bond donors (Lipinski definition) is 2. The SMILES string of the molecule is O=C(C[C@@H]1SC(=S)NC1=O)Nc1ccc(Br)cc1F. The van der Waals surface area contributed by atoms with Crippen molar-refractivity contribution in [3.63, 3.8) is 0 Å². The Labute approximate surface area is 126 Å². The molecule has 2 N–H and O–H groups in total. The maximum Gasteiger partial charge on any atom is 0.239 e.